The van der Waals surface area contributed by atoms with Crippen molar-refractivity contribution < 1.29 is 19.1 Å². The Labute approximate surface area is 179 Å². The predicted octanol–water partition coefficient (Wildman–Crippen LogP) is 3.07. The first-order chi connectivity index (χ1) is 14.4. The lowest BCUT2D eigenvalue weighted by molar-refractivity contribution is -0.133. The molecule has 1 unspecified atom stereocenters. The third-order valence-corrected chi connectivity index (χ3v) is 6.29. The highest BCUT2D eigenvalue weighted by atomic mass is 16.5. The first-order valence-corrected chi connectivity index (χ1v) is 11.0. The van der Waals surface area contributed by atoms with E-state index in [1.165, 1.54) is 12.8 Å². The van der Waals surface area contributed by atoms with E-state index in [-0.39, 0.29) is 23.9 Å². The van der Waals surface area contributed by atoms with Crippen molar-refractivity contribution >= 4 is 11.9 Å². The molecule has 3 rings (SSSR count). The van der Waals surface area contributed by atoms with E-state index in [0.717, 1.165) is 18.4 Å². The normalized spacial score (nSPS) is 19.8. The van der Waals surface area contributed by atoms with Crippen molar-refractivity contribution in [3.8, 4) is 11.5 Å². The Bertz CT molecular complexity index is 746. The third kappa shape index (κ3) is 5.18. The van der Waals surface area contributed by atoms with E-state index in [9.17, 15) is 9.59 Å². The summed E-state index contributed by atoms with van der Waals surface area (Å²) in [5, 5.41) is 3.20. The number of hydrogen-bond donors (Lipinski definition) is 1. The number of hydrogen-bond acceptors (Lipinski definition) is 4. The SMILES string of the molecule is COc1ccc(CC(=O)N2CCN(C(=O)NC3CCCC3)C(C(C)C)C2)cc1OC. The highest BCUT2D eigenvalue weighted by Crippen LogP contribution is 2.28. The van der Waals surface area contributed by atoms with Gasteiger partial charge >= 0.3 is 6.03 Å². The maximum absolute atomic E-state index is 13.0. The molecule has 1 aliphatic heterocycles. The standard InChI is InChI=1S/C23H35N3O4/c1-16(2)19-15-25(11-12-26(19)23(28)24-18-7-5-6-8-18)22(27)14-17-9-10-20(29-3)21(13-17)30-4/h9-10,13,16,18-19H,5-8,11-12,14-15H2,1-4H3,(H,24,28). The van der Waals surface area contributed by atoms with Gasteiger partial charge in [0.05, 0.1) is 26.7 Å². The second-order valence-corrected chi connectivity index (χ2v) is 8.64. The maximum atomic E-state index is 13.0. The van der Waals surface area contributed by atoms with E-state index in [0.29, 0.717) is 43.6 Å². The number of carbonyl (C=O) groups is 2. The van der Waals surface area contributed by atoms with Crippen molar-refractivity contribution in [1.29, 1.82) is 0 Å². The molecule has 0 aromatic heterocycles. The van der Waals surface area contributed by atoms with Crippen LogP contribution in [0.1, 0.15) is 45.1 Å². The molecule has 2 fully saturated rings. The number of piperazine rings is 1. The summed E-state index contributed by atoms with van der Waals surface area (Å²) in [6.07, 6.45) is 4.83. The summed E-state index contributed by atoms with van der Waals surface area (Å²) in [6.45, 7) is 5.93. The van der Waals surface area contributed by atoms with E-state index < -0.39 is 0 Å². The van der Waals surface area contributed by atoms with Crippen molar-refractivity contribution in [2.75, 3.05) is 33.9 Å². The fraction of sp³-hybridized carbons (Fsp3) is 0.652. The lowest BCUT2D eigenvalue weighted by Crippen LogP contribution is -2.61. The zero-order chi connectivity index (χ0) is 21.7. The molecule has 0 bridgehead atoms. The number of carbonyl (C=O) groups excluding carboxylic acids is 2. The van der Waals surface area contributed by atoms with Crippen LogP contribution >= 0.6 is 0 Å². The van der Waals surface area contributed by atoms with Gasteiger partial charge in [0.15, 0.2) is 11.5 Å². The monoisotopic (exact) mass is 417 g/mol. The summed E-state index contributed by atoms with van der Waals surface area (Å²) < 4.78 is 10.6. The van der Waals surface area contributed by atoms with Crippen LogP contribution in [0.2, 0.25) is 0 Å². The van der Waals surface area contributed by atoms with E-state index in [2.05, 4.69) is 19.2 Å². The zero-order valence-corrected chi connectivity index (χ0v) is 18.6. The minimum Gasteiger partial charge on any atom is -0.493 e. The summed E-state index contributed by atoms with van der Waals surface area (Å²) in [6, 6.07) is 5.91. The molecule has 1 saturated heterocycles. The molecule has 1 aliphatic carbocycles. The molecule has 7 nitrogen and oxygen atoms in total. The Morgan fingerprint density at radius 2 is 1.80 bits per heavy atom. The number of urea groups is 1. The highest BCUT2D eigenvalue weighted by Gasteiger charge is 2.35. The Kier molecular flexibility index (Phi) is 7.45. The summed E-state index contributed by atoms with van der Waals surface area (Å²) in [5.74, 6) is 1.62. The average Bonchev–Trinajstić information content (AvgIpc) is 3.26. The molecule has 30 heavy (non-hydrogen) atoms. The lowest BCUT2D eigenvalue weighted by Gasteiger charge is -2.43. The average molecular weight is 418 g/mol. The van der Waals surface area contributed by atoms with Crippen LogP contribution < -0.4 is 14.8 Å². The smallest absolute Gasteiger partial charge is 0.317 e. The molecule has 0 spiro atoms. The molecule has 1 atom stereocenters. The molecular weight excluding hydrogens is 382 g/mol. The first-order valence-electron chi connectivity index (χ1n) is 11.0. The van der Waals surface area contributed by atoms with Gasteiger partial charge < -0.3 is 24.6 Å². The molecular formula is C23H35N3O4. The number of methoxy groups -OCH3 is 2. The Balaban J connectivity index is 1.62. The summed E-state index contributed by atoms with van der Waals surface area (Å²) in [4.78, 5) is 29.7. The number of rotatable bonds is 6. The number of nitrogens with zero attached hydrogens (tertiary/aromatic N) is 2. The fourth-order valence-corrected chi connectivity index (χ4v) is 4.46. The Morgan fingerprint density at radius 3 is 2.43 bits per heavy atom. The van der Waals surface area contributed by atoms with Crippen LogP contribution in [0.4, 0.5) is 4.79 Å². The summed E-state index contributed by atoms with van der Waals surface area (Å²) in [7, 11) is 3.18. The summed E-state index contributed by atoms with van der Waals surface area (Å²) >= 11 is 0. The topological polar surface area (TPSA) is 71.1 Å². The van der Waals surface area contributed by atoms with E-state index in [4.69, 9.17) is 9.47 Å². The summed E-state index contributed by atoms with van der Waals surface area (Å²) in [5.41, 5.74) is 0.889. The van der Waals surface area contributed by atoms with Gasteiger partial charge in [-0.2, -0.15) is 0 Å². The van der Waals surface area contributed by atoms with Crippen LogP contribution in [-0.2, 0) is 11.2 Å². The van der Waals surface area contributed by atoms with Gasteiger partial charge in [0.25, 0.3) is 0 Å². The minimum absolute atomic E-state index is 0.0209. The Morgan fingerprint density at radius 1 is 1.10 bits per heavy atom. The van der Waals surface area contributed by atoms with Gasteiger partial charge in [-0.15, -0.1) is 0 Å². The van der Waals surface area contributed by atoms with Crippen molar-refractivity contribution in [1.82, 2.24) is 15.1 Å². The van der Waals surface area contributed by atoms with Gasteiger partial charge in [-0.25, -0.2) is 4.79 Å². The molecule has 1 aromatic carbocycles. The molecule has 1 saturated carbocycles. The highest BCUT2D eigenvalue weighted by molar-refractivity contribution is 5.80. The molecule has 7 heteroatoms. The largest absolute Gasteiger partial charge is 0.493 e. The molecule has 1 aromatic rings. The molecule has 0 radical (unpaired) electrons. The van der Waals surface area contributed by atoms with Crippen molar-refractivity contribution in [2.24, 2.45) is 5.92 Å². The van der Waals surface area contributed by atoms with Gasteiger partial charge in [0.2, 0.25) is 5.91 Å². The predicted molar refractivity (Wildman–Crippen MR) is 116 cm³/mol. The van der Waals surface area contributed by atoms with Crippen molar-refractivity contribution in [2.45, 2.75) is 58.0 Å². The van der Waals surface area contributed by atoms with Crippen LogP contribution in [-0.4, -0.2) is 67.7 Å². The minimum atomic E-state index is 0.0209. The van der Waals surface area contributed by atoms with Gasteiger partial charge in [0.1, 0.15) is 0 Å². The fourth-order valence-electron chi connectivity index (χ4n) is 4.46. The molecule has 166 valence electrons. The molecule has 1 N–H and O–H groups in total. The van der Waals surface area contributed by atoms with Crippen LogP contribution in [0.25, 0.3) is 0 Å². The van der Waals surface area contributed by atoms with Gasteiger partial charge in [-0.1, -0.05) is 32.8 Å². The molecule has 3 amide bonds. The number of amides is 3. The van der Waals surface area contributed by atoms with E-state index in [1.807, 2.05) is 28.0 Å². The quantitative estimate of drug-likeness (QED) is 0.772. The molecule has 1 heterocycles. The van der Waals surface area contributed by atoms with E-state index >= 15 is 0 Å². The van der Waals surface area contributed by atoms with Gasteiger partial charge in [0, 0.05) is 25.7 Å². The number of benzene rings is 1. The van der Waals surface area contributed by atoms with Crippen LogP contribution in [0.3, 0.4) is 0 Å². The zero-order valence-electron chi connectivity index (χ0n) is 18.6. The van der Waals surface area contributed by atoms with Crippen molar-refractivity contribution in [3.63, 3.8) is 0 Å². The second kappa shape index (κ2) is 10.0. The van der Waals surface area contributed by atoms with Gasteiger partial charge in [-0.05, 0) is 36.5 Å². The van der Waals surface area contributed by atoms with Crippen LogP contribution in [0.5, 0.6) is 11.5 Å². The van der Waals surface area contributed by atoms with Crippen LogP contribution in [0, 0.1) is 5.92 Å². The number of ether oxygens (including phenoxy) is 2. The van der Waals surface area contributed by atoms with Gasteiger partial charge in [-0.3, -0.25) is 4.79 Å². The second-order valence-electron chi connectivity index (χ2n) is 8.64. The third-order valence-electron chi connectivity index (χ3n) is 6.29. The van der Waals surface area contributed by atoms with Crippen molar-refractivity contribution in [3.05, 3.63) is 23.8 Å². The first kappa shape index (κ1) is 22.2. The molecule has 2 aliphatic rings. The number of nitrogens with one attached hydrogen (secondary N) is 1. The lowest BCUT2D eigenvalue weighted by atomic mass is 9.99. The van der Waals surface area contributed by atoms with E-state index in [1.54, 1.807) is 14.2 Å². The maximum Gasteiger partial charge on any atom is 0.317 e. The Hall–Kier alpha value is -2.44. The van der Waals surface area contributed by atoms with Crippen LogP contribution in [0.15, 0.2) is 18.2 Å².